The van der Waals surface area contributed by atoms with E-state index in [2.05, 4.69) is 6.07 Å². The van der Waals surface area contributed by atoms with E-state index in [4.69, 9.17) is 4.74 Å². The summed E-state index contributed by atoms with van der Waals surface area (Å²) in [5.74, 6) is 2.09. The highest BCUT2D eigenvalue weighted by molar-refractivity contribution is 5.36. The third-order valence-electron chi connectivity index (χ3n) is 4.39. The molecule has 2 nitrogen and oxygen atoms in total. The van der Waals surface area contributed by atoms with Crippen LogP contribution in [0.1, 0.15) is 30.4 Å². The molecule has 1 aliphatic carbocycles. The molecular weight excluding hydrogens is 212 g/mol. The maximum absolute atomic E-state index is 9.49. The zero-order valence-corrected chi connectivity index (χ0v) is 10.2. The topological polar surface area (TPSA) is 29.5 Å². The number of aryl methyl sites for hydroxylation is 1. The Labute approximate surface area is 103 Å². The van der Waals surface area contributed by atoms with Gasteiger partial charge in [0.2, 0.25) is 0 Å². The Bertz CT molecular complexity index is 394. The van der Waals surface area contributed by atoms with Gasteiger partial charge in [-0.15, -0.1) is 0 Å². The molecule has 0 bridgehead atoms. The first-order valence-corrected chi connectivity index (χ1v) is 6.71. The minimum atomic E-state index is 0.410. The van der Waals surface area contributed by atoms with Crippen molar-refractivity contribution in [3.63, 3.8) is 0 Å². The molecule has 1 fully saturated rings. The second-order valence-corrected chi connectivity index (χ2v) is 5.41. The van der Waals surface area contributed by atoms with E-state index in [1.807, 2.05) is 12.1 Å². The second-order valence-electron chi connectivity index (χ2n) is 5.41. The molecule has 2 aliphatic rings. The first-order chi connectivity index (χ1) is 8.33. The Kier molecular flexibility index (Phi) is 3.06. The van der Waals surface area contributed by atoms with E-state index in [1.165, 1.54) is 36.8 Å². The van der Waals surface area contributed by atoms with Gasteiger partial charge in [0.05, 0.1) is 0 Å². The van der Waals surface area contributed by atoms with E-state index >= 15 is 0 Å². The van der Waals surface area contributed by atoms with E-state index in [0.29, 0.717) is 5.75 Å². The molecule has 0 unspecified atom stereocenters. The van der Waals surface area contributed by atoms with Gasteiger partial charge in [-0.2, -0.15) is 0 Å². The maximum atomic E-state index is 9.49. The fraction of sp³-hybridized carbons (Fsp3) is 0.600. The molecule has 1 N–H and O–H groups in total. The normalized spacial score (nSPS) is 25.5. The lowest BCUT2D eigenvalue weighted by molar-refractivity contribution is 0.0439. The number of hydrogen-bond donors (Lipinski definition) is 1. The summed E-state index contributed by atoms with van der Waals surface area (Å²) in [6.07, 6.45) is 6.07. The van der Waals surface area contributed by atoms with E-state index in [0.717, 1.165) is 31.5 Å². The monoisotopic (exact) mass is 232 g/mol. The van der Waals surface area contributed by atoms with Gasteiger partial charge < -0.3 is 9.84 Å². The molecule has 1 atom stereocenters. The van der Waals surface area contributed by atoms with Gasteiger partial charge in [-0.05, 0) is 67.2 Å². The van der Waals surface area contributed by atoms with Crippen LogP contribution in [0.3, 0.4) is 0 Å². The molecule has 1 aromatic carbocycles. The molecule has 1 saturated heterocycles. The van der Waals surface area contributed by atoms with E-state index in [-0.39, 0.29) is 0 Å². The summed E-state index contributed by atoms with van der Waals surface area (Å²) in [7, 11) is 0. The molecule has 1 aliphatic heterocycles. The van der Waals surface area contributed by atoms with Gasteiger partial charge in [-0.25, -0.2) is 0 Å². The summed E-state index contributed by atoms with van der Waals surface area (Å²) < 4.78 is 5.44. The van der Waals surface area contributed by atoms with Gasteiger partial charge in [-0.3, -0.25) is 0 Å². The molecule has 17 heavy (non-hydrogen) atoms. The highest BCUT2D eigenvalue weighted by Gasteiger charge is 2.27. The van der Waals surface area contributed by atoms with Crippen LogP contribution in [0.4, 0.5) is 0 Å². The predicted octanol–water partition coefficient (Wildman–Crippen LogP) is 2.92. The highest BCUT2D eigenvalue weighted by Crippen LogP contribution is 2.35. The van der Waals surface area contributed by atoms with Crippen LogP contribution in [0.15, 0.2) is 18.2 Å². The van der Waals surface area contributed by atoms with Crippen molar-refractivity contribution >= 4 is 0 Å². The van der Waals surface area contributed by atoms with Crippen molar-refractivity contribution in [2.45, 2.75) is 32.1 Å². The molecule has 1 heterocycles. The van der Waals surface area contributed by atoms with Crippen LogP contribution >= 0.6 is 0 Å². The lowest BCUT2D eigenvalue weighted by Gasteiger charge is -2.33. The summed E-state index contributed by atoms with van der Waals surface area (Å²) in [6, 6.07) is 5.87. The lowest BCUT2D eigenvalue weighted by Crippen LogP contribution is -2.27. The SMILES string of the molecule is Oc1ccc2c(c1)CC[C@H](C1CCOCC1)C2. The Balaban J connectivity index is 1.73. The molecule has 0 spiro atoms. The summed E-state index contributed by atoms with van der Waals surface area (Å²) in [5, 5.41) is 9.49. The van der Waals surface area contributed by atoms with E-state index in [9.17, 15) is 5.11 Å². The van der Waals surface area contributed by atoms with E-state index < -0.39 is 0 Å². The van der Waals surface area contributed by atoms with Crippen molar-refractivity contribution in [2.75, 3.05) is 13.2 Å². The molecular formula is C15H20O2. The van der Waals surface area contributed by atoms with Crippen LogP contribution in [-0.4, -0.2) is 18.3 Å². The third-order valence-corrected chi connectivity index (χ3v) is 4.39. The first-order valence-electron chi connectivity index (χ1n) is 6.71. The minimum absolute atomic E-state index is 0.410. The number of hydrogen-bond acceptors (Lipinski definition) is 2. The van der Waals surface area contributed by atoms with Crippen molar-refractivity contribution in [3.05, 3.63) is 29.3 Å². The average Bonchev–Trinajstić information content (AvgIpc) is 2.39. The van der Waals surface area contributed by atoms with Gasteiger partial charge in [0.15, 0.2) is 0 Å². The summed E-state index contributed by atoms with van der Waals surface area (Å²) in [6.45, 7) is 1.90. The standard InChI is InChI=1S/C15H20O2/c16-15-4-3-13-9-12(1-2-14(13)10-15)11-5-7-17-8-6-11/h3-4,10-12,16H,1-2,5-9H2/t12-/m0/s1. The number of aromatic hydroxyl groups is 1. The fourth-order valence-electron chi connectivity index (χ4n) is 3.36. The number of rotatable bonds is 1. The second kappa shape index (κ2) is 4.69. The molecule has 0 saturated carbocycles. The van der Waals surface area contributed by atoms with Crippen molar-refractivity contribution in [3.8, 4) is 5.75 Å². The number of benzene rings is 1. The van der Waals surface area contributed by atoms with Crippen LogP contribution in [0.25, 0.3) is 0 Å². The zero-order valence-electron chi connectivity index (χ0n) is 10.2. The molecule has 3 rings (SSSR count). The minimum Gasteiger partial charge on any atom is -0.508 e. The largest absolute Gasteiger partial charge is 0.508 e. The quantitative estimate of drug-likeness (QED) is 0.806. The smallest absolute Gasteiger partial charge is 0.115 e. The number of ether oxygens (including phenoxy) is 1. The summed E-state index contributed by atoms with van der Waals surface area (Å²) in [5.41, 5.74) is 2.80. The van der Waals surface area contributed by atoms with Crippen molar-refractivity contribution < 1.29 is 9.84 Å². The Morgan fingerprint density at radius 2 is 1.82 bits per heavy atom. The van der Waals surface area contributed by atoms with Gasteiger partial charge in [0, 0.05) is 13.2 Å². The fourth-order valence-corrected chi connectivity index (χ4v) is 3.36. The first kappa shape index (κ1) is 11.1. The molecule has 2 heteroatoms. The van der Waals surface area contributed by atoms with Crippen molar-refractivity contribution in [1.82, 2.24) is 0 Å². The van der Waals surface area contributed by atoms with Gasteiger partial charge in [0.25, 0.3) is 0 Å². The Morgan fingerprint density at radius 1 is 1.00 bits per heavy atom. The molecule has 0 aromatic heterocycles. The third kappa shape index (κ3) is 2.32. The van der Waals surface area contributed by atoms with Gasteiger partial charge >= 0.3 is 0 Å². The van der Waals surface area contributed by atoms with Crippen LogP contribution in [0.2, 0.25) is 0 Å². The zero-order chi connectivity index (χ0) is 11.7. The molecule has 0 radical (unpaired) electrons. The summed E-state index contributed by atoms with van der Waals surface area (Å²) in [4.78, 5) is 0. The van der Waals surface area contributed by atoms with Crippen molar-refractivity contribution in [1.29, 1.82) is 0 Å². The van der Waals surface area contributed by atoms with Gasteiger partial charge in [0.1, 0.15) is 5.75 Å². The van der Waals surface area contributed by atoms with Crippen molar-refractivity contribution in [2.24, 2.45) is 11.8 Å². The number of phenols is 1. The van der Waals surface area contributed by atoms with Crippen LogP contribution < -0.4 is 0 Å². The maximum Gasteiger partial charge on any atom is 0.115 e. The number of fused-ring (bicyclic) bond motifs is 1. The van der Waals surface area contributed by atoms with Crippen LogP contribution in [0, 0.1) is 11.8 Å². The van der Waals surface area contributed by atoms with Crippen LogP contribution in [-0.2, 0) is 17.6 Å². The predicted molar refractivity (Wildman–Crippen MR) is 67.2 cm³/mol. The number of phenolic OH excluding ortho intramolecular Hbond substituents is 1. The van der Waals surface area contributed by atoms with Gasteiger partial charge in [-0.1, -0.05) is 6.07 Å². The van der Waals surface area contributed by atoms with E-state index in [1.54, 1.807) is 0 Å². The Morgan fingerprint density at radius 3 is 2.65 bits per heavy atom. The Hall–Kier alpha value is -1.02. The van der Waals surface area contributed by atoms with Crippen LogP contribution in [0.5, 0.6) is 5.75 Å². The average molecular weight is 232 g/mol. The molecule has 0 amide bonds. The molecule has 1 aromatic rings. The molecule has 92 valence electrons. The lowest BCUT2D eigenvalue weighted by atomic mass is 9.74. The highest BCUT2D eigenvalue weighted by atomic mass is 16.5. The summed E-state index contributed by atoms with van der Waals surface area (Å²) >= 11 is 0.